The lowest BCUT2D eigenvalue weighted by Gasteiger charge is -2.36. The van der Waals surface area contributed by atoms with E-state index < -0.39 is 17.8 Å². The predicted molar refractivity (Wildman–Crippen MR) is 112 cm³/mol. The van der Waals surface area contributed by atoms with Gasteiger partial charge in [0.1, 0.15) is 5.82 Å². The van der Waals surface area contributed by atoms with Gasteiger partial charge < -0.3 is 10.0 Å². The van der Waals surface area contributed by atoms with E-state index in [0.29, 0.717) is 34.5 Å². The fraction of sp³-hybridized carbons (Fsp3) is 0.261. The number of carbonyl (C=O) groups excluding carboxylic acids is 2. The van der Waals surface area contributed by atoms with Crippen LogP contribution in [0.15, 0.2) is 54.7 Å². The monoisotopic (exact) mass is 426 g/mol. The molecule has 0 aliphatic carbocycles. The number of β-amino-alcohol motifs (C(OH)–C–C–N with tert-alkyl or cyclic N) is 1. The van der Waals surface area contributed by atoms with Crippen LogP contribution < -0.4 is 0 Å². The van der Waals surface area contributed by atoms with Crippen molar-refractivity contribution in [2.45, 2.75) is 24.9 Å². The first kappa shape index (κ1) is 20.4. The Balaban J connectivity index is 1.46. The van der Waals surface area contributed by atoms with Gasteiger partial charge in [-0.3, -0.25) is 14.6 Å². The average Bonchev–Trinajstić information content (AvgIpc) is 2.74. The number of hydrogen-bond donors (Lipinski definition) is 1. The Morgan fingerprint density at radius 2 is 1.93 bits per heavy atom. The van der Waals surface area contributed by atoms with Gasteiger partial charge in [-0.1, -0.05) is 23.7 Å². The number of aliphatic hydroxyl groups is 1. The summed E-state index contributed by atoms with van der Waals surface area (Å²) in [5.74, 6) is -1.77. The van der Waals surface area contributed by atoms with Gasteiger partial charge in [0.15, 0.2) is 0 Å². The van der Waals surface area contributed by atoms with Crippen LogP contribution in [0.4, 0.5) is 4.39 Å². The number of halogens is 2. The van der Waals surface area contributed by atoms with Gasteiger partial charge in [-0.05, 0) is 53.9 Å². The highest BCUT2D eigenvalue weighted by Crippen LogP contribution is 2.33. The fourth-order valence-corrected chi connectivity index (χ4v) is 4.11. The van der Waals surface area contributed by atoms with Gasteiger partial charge in [-0.25, -0.2) is 4.39 Å². The van der Waals surface area contributed by atoms with Gasteiger partial charge in [0.2, 0.25) is 5.78 Å². The molecule has 154 valence electrons. The van der Waals surface area contributed by atoms with E-state index in [1.165, 1.54) is 17.0 Å². The highest BCUT2D eigenvalue weighted by Gasteiger charge is 2.34. The molecule has 1 aliphatic rings. The van der Waals surface area contributed by atoms with Crippen molar-refractivity contribution in [2.75, 3.05) is 13.1 Å². The molecule has 1 aliphatic heterocycles. The summed E-state index contributed by atoms with van der Waals surface area (Å²) < 4.78 is 13.8. The van der Waals surface area contributed by atoms with Crippen LogP contribution in [-0.4, -0.2) is 45.9 Å². The zero-order valence-corrected chi connectivity index (χ0v) is 16.8. The van der Waals surface area contributed by atoms with Crippen LogP contribution in [0.25, 0.3) is 10.9 Å². The Morgan fingerprint density at radius 3 is 2.67 bits per heavy atom. The summed E-state index contributed by atoms with van der Waals surface area (Å²) in [6, 6.07) is 12.9. The third-order valence-electron chi connectivity index (χ3n) is 5.52. The number of fused-ring (bicyclic) bond motifs is 1. The Kier molecular flexibility index (Phi) is 5.79. The van der Waals surface area contributed by atoms with E-state index in [-0.39, 0.29) is 24.7 Å². The maximum Gasteiger partial charge on any atom is 0.290 e. The molecule has 7 heteroatoms. The number of rotatable bonds is 4. The summed E-state index contributed by atoms with van der Waals surface area (Å²) >= 11 is 5.85. The molecule has 2 aromatic carbocycles. The SMILES string of the molecule is O=C(Cc1ccc(Cl)cc1)C(=O)N1CC[C@H](c2ccnc3ccc(F)cc23)[C@@H](O)C1. The van der Waals surface area contributed by atoms with Crippen molar-refractivity contribution in [3.05, 3.63) is 76.7 Å². The molecule has 0 radical (unpaired) electrons. The van der Waals surface area contributed by atoms with Crippen LogP contribution in [0.2, 0.25) is 5.02 Å². The van der Waals surface area contributed by atoms with E-state index in [9.17, 15) is 19.1 Å². The normalized spacial score (nSPS) is 19.1. The molecule has 1 amide bonds. The summed E-state index contributed by atoms with van der Waals surface area (Å²) in [6.45, 7) is 0.390. The minimum atomic E-state index is -0.861. The standard InChI is InChI=1S/C23H20ClFN2O3/c24-15-3-1-14(2-4-15)11-21(28)23(30)27-10-8-18(22(29)13-27)17-7-9-26-20-6-5-16(25)12-19(17)20/h1-7,9,12,18,22,29H,8,10-11,13H2/t18-,22+/m1/s1. The molecule has 1 saturated heterocycles. The number of likely N-dealkylation sites (tertiary alicyclic amines) is 1. The fourth-order valence-electron chi connectivity index (χ4n) is 3.98. The molecule has 0 spiro atoms. The highest BCUT2D eigenvalue weighted by molar-refractivity contribution is 6.36. The van der Waals surface area contributed by atoms with Gasteiger partial charge in [-0.2, -0.15) is 0 Å². The zero-order chi connectivity index (χ0) is 21.3. The van der Waals surface area contributed by atoms with Gasteiger partial charge in [0.25, 0.3) is 5.91 Å². The van der Waals surface area contributed by atoms with Crippen molar-refractivity contribution < 1.29 is 19.1 Å². The molecular weight excluding hydrogens is 407 g/mol. The molecule has 0 unspecified atom stereocenters. The van der Waals surface area contributed by atoms with Gasteiger partial charge >= 0.3 is 0 Å². The van der Waals surface area contributed by atoms with Crippen LogP contribution in [0.3, 0.4) is 0 Å². The number of carbonyl (C=O) groups is 2. The van der Waals surface area contributed by atoms with E-state index in [0.717, 1.165) is 5.56 Å². The number of piperidine rings is 1. The second kappa shape index (κ2) is 8.50. The van der Waals surface area contributed by atoms with E-state index >= 15 is 0 Å². The lowest BCUT2D eigenvalue weighted by Crippen LogP contribution is -2.48. The van der Waals surface area contributed by atoms with E-state index in [2.05, 4.69) is 4.98 Å². The number of aliphatic hydroxyl groups excluding tert-OH is 1. The number of aromatic nitrogens is 1. The molecule has 0 bridgehead atoms. The van der Waals surface area contributed by atoms with Crippen LogP contribution in [0, 0.1) is 5.82 Å². The minimum absolute atomic E-state index is 0.0136. The lowest BCUT2D eigenvalue weighted by molar-refractivity contribution is -0.146. The summed E-state index contributed by atoms with van der Waals surface area (Å²) in [4.78, 5) is 30.6. The minimum Gasteiger partial charge on any atom is -0.391 e. The van der Waals surface area contributed by atoms with E-state index in [1.54, 1.807) is 42.6 Å². The highest BCUT2D eigenvalue weighted by atomic mass is 35.5. The lowest BCUT2D eigenvalue weighted by atomic mass is 9.85. The number of ketones is 1. The van der Waals surface area contributed by atoms with Crippen molar-refractivity contribution in [3.63, 3.8) is 0 Å². The molecule has 5 nitrogen and oxygen atoms in total. The third kappa shape index (κ3) is 4.20. The van der Waals surface area contributed by atoms with Crippen LogP contribution >= 0.6 is 11.6 Å². The summed E-state index contributed by atoms with van der Waals surface area (Å²) in [7, 11) is 0. The Labute approximate surface area is 178 Å². The Bertz CT molecular complexity index is 1100. The van der Waals surface area contributed by atoms with Crippen molar-refractivity contribution in [2.24, 2.45) is 0 Å². The molecule has 2 heterocycles. The Morgan fingerprint density at radius 1 is 1.17 bits per heavy atom. The quantitative estimate of drug-likeness (QED) is 0.648. The molecule has 1 aromatic heterocycles. The van der Waals surface area contributed by atoms with Gasteiger partial charge in [0, 0.05) is 42.0 Å². The Hall–Kier alpha value is -2.83. The van der Waals surface area contributed by atoms with Crippen molar-refractivity contribution >= 4 is 34.2 Å². The molecule has 2 atom stereocenters. The van der Waals surface area contributed by atoms with E-state index in [4.69, 9.17) is 11.6 Å². The number of hydrogen-bond acceptors (Lipinski definition) is 4. The topological polar surface area (TPSA) is 70.5 Å². The number of pyridine rings is 1. The van der Waals surface area contributed by atoms with Crippen LogP contribution in [0.5, 0.6) is 0 Å². The third-order valence-corrected chi connectivity index (χ3v) is 5.77. The van der Waals surface area contributed by atoms with Gasteiger partial charge in [0.05, 0.1) is 11.6 Å². The smallest absolute Gasteiger partial charge is 0.290 e. The molecule has 1 N–H and O–H groups in total. The van der Waals surface area contributed by atoms with Crippen molar-refractivity contribution in [1.29, 1.82) is 0 Å². The van der Waals surface area contributed by atoms with Crippen LogP contribution in [-0.2, 0) is 16.0 Å². The molecule has 30 heavy (non-hydrogen) atoms. The average molecular weight is 427 g/mol. The largest absolute Gasteiger partial charge is 0.391 e. The first-order valence-electron chi connectivity index (χ1n) is 9.71. The number of amides is 1. The molecule has 1 fully saturated rings. The first-order chi connectivity index (χ1) is 14.4. The molecule has 3 aromatic rings. The summed E-state index contributed by atoms with van der Waals surface area (Å²) in [5, 5.41) is 12.0. The van der Waals surface area contributed by atoms with E-state index in [1.807, 2.05) is 0 Å². The molecule has 4 rings (SSSR count). The maximum absolute atomic E-state index is 13.8. The second-order valence-corrected chi connectivity index (χ2v) is 7.94. The maximum atomic E-state index is 13.8. The van der Waals surface area contributed by atoms with Gasteiger partial charge in [-0.15, -0.1) is 0 Å². The first-order valence-corrected chi connectivity index (χ1v) is 10.1. The van der Waals surface area contributed by atoms with Crippen molar-refractivity contribution in [3.8, 4) is 0 Å². The molecular formula is C23H20ClFN2O3. The number of Topliss-reactive ketones (excluding diaryl/α,β-unsaturated/α-hetero) is 1. The summed E-state index contributed by atoms with van der Waals surface area (Å²) in [6.07, 6.45) is 1.23. The zero-order valence-electron chi connectivity index (χ0n) is 16.1. The second-order valence-electron chi connectivity index (χ2n) is 7.50. The van der Waals surface area contributed by atoms with Crippen molar-refractivity contribution in [1.82, 2.24) is 9.88 Å². The summed E-state index contributed by atoms with van der Waals surface area (Å²) in [5.41, 5.74) is 2.16. The number of benzene rings is 2. The van der Waals surface area contributed by atoms with Crippen LogP contribution in [0.1, 0.15) is 23.5 Å². The number of nitrogens with zero attached hydrogens (tertiary/aromatic N) is 2. The predicted octanol–water partition coefficient (Wildman–Crippen LogP) is 3.52. The molecule has 0 saturated carbocycles.